The Labute approximate surface area is 198 Å². The number of primary amides is 1. The molecule has 34 heavy (non-hydrogen) atoms. The number of nitrogens with one attached hydrogen (secondary N) is 1. The molecule has 4 rings (SSSR count). The maximum Gasteiger partial charge on any atom is 0.250 e. The van der Waals surface area contributed by atoms with Gasteiger partial charge in [-0.2, -0.15) is 4.31 Å². The summed E-state index contributed by atoms with van der Waals surface area (Å²) in [5.41, 5.74) is 6.03. The van der Waals surface area contributed by atoms with Crippen molar-refractivity contribution in [2.45, 2.75) is 4.90 Å². The van der Waals surface area contributed by atoms with Crippen LogP contribution in [0.3, 0.4) is 0 Å². The summed E-state index contributed by atoms with van der Waals surface area (Å²) >= 11 is 0. The second kappa shape index (κ2) is 10.5. The molecule has 11 nitrogen and oxygen atoms in total. The van der Waals surface area contributed by atoms with Crippen LogP contribution in [-0.2, 0) is 19.6 Å². The number of amides is 2. The van der Waals surface area contributed by atoms with Gasteiger partial charge in [0.2, 0.25) is 15.9 Å². The number of hydrogen-bond acceptors (Lipinski definition) is 8. The van der Waals surface area contributed by atoms with Crippen molar-refractivity contribution in [3.63, 3.8) is 0 Å². The number of piperazine rings is 1. The van der Waals surface area contributed by atoms with Crippen molar-refractivity contribution in [1.82, 2.24) is 14.2 Å². The molecule has 182 valence electrons. The van der Waals surface area contributed by atoms with E-state index in [1.54, 1.807) is 36.4 Å². The first-order chi connectivity index (χ1) is 16.3. The van der Waals surface area contributed by atoms with Gasteiger partial charge in [-0.05, 0) is 24.3 Å². The molecule has 3 heterocycles. The summed E-state index contributed by atoms with van der Waals surface area (Å²) in [5, 5.41) is 2.75. The van der Waals surface area contributed by atoms with Crippen molar-refractivity contribution >= 4 is 33.3 Å². The molecule has 0 atom stereocenters. The number of ether oxygens (including phenoxy) is 1. The smallest absolute Gasteiger partial charge is 0.250 e. The predicted molar refractivity (Wildman–Crippen MR) is 126 cm³/mol. The summed E-state index contributed by atoms with van der Waals surface area (Å²) in [6, 6.07) is 9.93. The molecule has 1 aromatic heterocycles. The Balaban J connectivity index is 1.30. The van der Waals surface area contributed by atoms with Gasteiger partial charge in [-0.25, -0.2) is 13.4 Å². The van der Waals surface area contributed by atoms with Crippen LogP contribution >= 0.6 is 0 Å². The molecular formula is C22H28N6O5S. The number of nitrogens with two attached hydrogens (primary N) is 1. The fourth-order valence-electron chi connectivity index (χ4n) is 3.98. The molecule has 2 fully saturated rings. The molecule has 0 radical (unpaired) electrons. The van der Waals surface area contributed by atoms with Crippen LogP contribution in [0.1, 0.15) is 10.4 Å². The summed E-state index contributed by atoms with van der Waals surface area (Å²) in [4.78, 5) is 32.6. The molecule has 12 heteroatoms. The van der Waals surface area contributed by atoms with E-state index in [9.17, 15) is 18.0 Å². The number of morpholine rings is 1. The third kappa shape index (κ3) is 5.53. The number of aromatic nitrogens is 1. The normalized spacial score (nSPS) is 17.9. The highest BCUT2D eigenvalue weighted by atomic mass is 32.2. The zero-order chi connectivity index (χ0) is 24.1. The molecule has 0 saturated carbocycles. The zero-order valence-electron chi connectivity index (χ0n) is 18.7. The van der Waals surface area contributed by atoms with Gasteiger partial charge in [0.05, 0.1) is 31.0 Å². The SMILES string of the molecule is NC(=O)c1ccccc1NC(=O)CN1CCN(c2ccc(S(=O)(=O)N3CCOCC3)cn2)CC1. The molecule has 2 amide bonds. The highest BCUT2D eigenvalue weighted by Crippen LogP contribution is 2.20. The average molecular weight is 489 g/mol. The van der Waals surface area contributed by atoms with Gasteiger partial charge in [0.25, 0.3) is 5.91 Å². The number of para-hydroxylation sites is 1. The molecule has 2 aliphatic rings. The van der Waals surface area contributed by atoms with E-state index < -0.39 is 15.9 Å². The highest BCUT2D eigenvalue weighted by Gasteiger charge is 2.27. The first-order valence-electron chi connectivity index (χ1n) is 11.0. The molecular weight excluding hydrogens is 460 g/mol. The van der Waals surface area contributed by atoms with Gasteiger partial charge in [-0.1, -0.05) is 12.1 Å². The summed E-state index contributed by atoms with van der Waals surface area (Å²) in [6.07, 6.45) is 1.40. The quantitative estimate of drug-likeness (QED) is 0.554. The Morgan fingerprint density at radius 1 is 1.00 bits per heavy atom. The average Bonchev–Trinajstić information content (AvgIpc) is 2.85. The number of nitrogens with zero attached hydrogens (tertiary/aromatic N) is 4. The Kier molecular flexibility index (Phi) is 7.41. The number of benzene rings is 1. The summed E-state index contributed by atoms with van der Waals surface area (Å²) in [5.74, 6) is -0.126. The topological polar surface area (TPSA) is 138 Å². The van der Waals surface area contributed by atoms with Crippen molar-refractivity contribution in [2.75, 3.05) is 69.2 Å². The maximum absolute atomic E-state index is 12.8. The van der Waals surface area contributed by atoms with Gasteiger partial charge in [0.15, 0.2) is 0 Å². The zero-order valence-corrected chi connectivity index (χ0v) is 19.5. The number of anilines is 2. The van der Waals surface area contributed by atoms with Crippen LogP contribution in [0.5, 0.6) is 0 Å². The first kappa shape index (κ1) is 24.1. The molecule has 0 unspecified atom stereocenters. The van der Waals surface area contributed by atoms with Crippen LogP contribution in [0, 0.1) is 0 Å². The van der Waals surface area contributed by atoms with Crippen LogP contribution in [0.4, 0.5) is 11.5 Å². The van der Waals surface area contributed by atoms with Gasteiger partial charge >= 0.3 is 0 Å². The third-order valence-electron chi connectivity index (χ3n) is 5.86. The van der Waals surface area contributed by atoms with Crippen molar-refractivity contribution in [1.29, 1.82) is 0 Å². The lowest BCUT2D eigenvalue weighted by Crippen LogP contribution is -2.49. The fourth-order valence-corrected chi connectivity index (χ4v) is 5.34. The minimum atomic E-state index is -3.58. The van der Waals surface area contributed by atoms with Gasteiger partial charge in [0.1, 0.15) is 10.7 Å². The van der Waals surface area contributed by atoms with E-state index in [0.29, 0.717) is 64.0 Å². The Hall–Kier alpha value is -3.06. The number of sulfonamides is 1. The Morgan fingerprint density at radius 3 is 2.35 bits per heavy atom. The van der Waals surface area contributed by atoms with Crippen molar-refractivity contribution in [3.05, 3.63) is 48.2 Å². The van der Waals surface area contributed by atoms with E-state index in [1.807, 2.05) is 4.90 Å². The van der Waals surface area contributed by atoms with Crippen LogP contribution in [0.25, 0.3) is 0 Å². The van der Waals surface area contributed by atoms with Gasteiger partial charge in [-0.3, -0.25) is 14.5 Å². The Morgan fingerprint density at radius 2 is 1.71 bits per heavy atom. The number of carbonyl (C=O) groups is 2. The largest absolute Gasteiger partial charge is 0.379 e. The van der Waals surface area contributed by atoms with Crippen LogP contribution in [-0.4, -0.2) is 93.4 Å². The number of pyridine rings is 1. The molecule has 2 aliphatic heterocycles. The summed E-state index contributed by atoms with van der Waals surface area (Å²) < 4.78 is 32.2. The molecule has 2 saturated heterocycles. The molecule has 1 aromatic carbocycles. The predicted octanol–water partition coefficient (Wildman–Crippen LogP) is -0.0379. The highest BCUT2D eigenvalue weighted by molar-refractivity contribution is 7.89. The van der Waals surface area contributed by atoms with Crippen molar-refractivity contribution in [2.24, 2.45) is 5.73 Å². The maximum atomic E-state index is 12.8. The van der Waals surface area contributed by atoms with Crippen molar-refractivity contribution < 1.29 is 22.7 Å². The monoisotopic (exact) mass is 488 g/mol. The van der Waals surface area contributed by atoms with E-state index >= 15 is 0 Å². The number of hydrogen-bond donors (Lipinski definition) is 2. The number of carbonyl (C=O) groups excluding carboxylic acids is 2. The minimum absolute atomic E-state index is 0.171. The van der Waals surface area contributed by atoms with E-state index in [1.165, 1.54) is 10.5 Å². The van der Waals surface area contributed by atoms with E-state index in [-0.39, 0.29) is 22.9 Å². The van der Waals surface area contributed by atoms with Gasteiger partial charge < -0.3 is 20.7 Å². The third-order valence-corrected chi connectivity index (χ3v) is 7.74. The minimum Gasteiger partial charge on any atom is -0.379 e. The fraction of sp³-hybridized carbons (Fsp3) is 0.409. The Bertz CT molecular complexity index is 1130. The lowest BCUT2D eigenvalue weighted by molar-refractivity contribution is -0.117. The molecule has 0 bridgehead atoms. The van der Waals surface area contributed by atoms with E-state index in [4.69, 9.17) is 10.5 Å². The van der Waals surface area contributed by atoms with Crippen LogP contribution in [0.15, 0.2) is 47.5 Å². The van der Waals surface area contributed by atoms with E-state index in [0.717, 1.165) is 0 Å². The van der Waals surface area contributed by atoms with E-state index in [2.05, 4.69) is 15.2 Å². The van der Waals surface area contributed by atoms with Gasteiger partial charge in [-0.15, -0.1) is 0 Å². The first-order valence-corrected chi connectivity index (χ1v) is 12.5. The molecule has 0 spiro atoms. The molecule has 2 aromatic rings. The standard InChI is InChI=1S/C22H28N6O5S/c23-22(30)18-3-1-2-4-19(18)25-21(29)16-26-7-9-27(10-8-26)20-6-5-17(15-24-20)34(31,32)28-11-13-33-14-12-28/h1-6,15H,7-14,16H2,(H2,23,30)(H,25,29). The lowest BCUT2D eigenvalue weighted by atomic mass is 10.1. The second-order valence-corrected chi connectivity index (χ2v) is 10.0. The lowest BCUT2D eigenvalue weighted by Gasteiger charge is -2.35. The molecule has 0 aliphatic carbocycles. The molecule has 3 N–H and O–H groups in total. The summed E-state index contributed by atoms with van der Waals surface area (Å²) in [7, 11) is -3.58. The van der Waals surface area contributed by atoms with Gasteiger partial charge in [0, 0.05) is 45.5 Å². The van der Waals surface area contributed by atoms with Crippen LogP contribution in [0.2, 0.25) is 0 Å². The van der Waals surface area contributed by atoms with Crippen LogP contribution < -0.4 is 16.0 Å². The second-order valence-electron chi connectivity index (χ2n) is 8.09. The van der Waals surface area contributed by atoms with Crippen molar-refractivity contribution in [3.8, 4) is 0 Å². The number of rotatable bonds is 7. The summed E-state index contributed by atoms with van der Waals surface area (Å²) in [6.45, 7) is 4.23.